The number of likely N-dealkylation sites (tertiary alicyclic amines) is 1. The molecule has 0 aliphatic carbocycles. The van der Waals surface area contributed by atoms with Gasteiger partial charge in [-0.2, -0.15) is 5.26 Å². The lowest BCUT2D eigenvalue weighted by atomic mass is 9.89. The van der Waals surface area contributed by atoms with Crippen molar-refractivity contribution in [1.82, 2.24) is 4.90 Å². The summed E-state index contributed by atoms with van der Waals surface area (Å²) in [5, 5.41) is 11.5. The van der Waals surface area contributed by atoms with Gasteiger partial charge in [0.25, 0.3) is 0 Å². The fraction of sp³-hybridized carbons (Fsp3) is 0.471. The zero-order chi connectivity index (χ0) is 16.2. The van der Waals surface area contributed by atoms with Crippen molar-refractivity contribution in [1.29, 1.82) is 5.26 Å². The van der Waals surface area contributed by atoms with Gasteiger partial charge in [0.05, 0.1) is 11.6 Å². The number of rotatable bonds is 3. The second kappa shape index (κ2) is 6.61. The van der Waals surface area contributed by atoms with Gasteiger partial charge in [0.15, 0.2) is 0 Å². The highest BCUT2D eigenvalue weighted by molar-refractivity contribution is 6.09. The molecule has 0 atom stereocenters. The van der Waals surface area contributed by atoms with Crippen LogP contribution in [0.2, 0.25) is 0 Å². The molecule has 1 fully saturated rings. The number of nitriles is 1. The van der Waals surface area contributed by atoms with Crippen molar-refractivity contribution >= 4 is 17.5 Å². The molecule has 5 heteroatoms. The van der Waals surface area contributed by atoms with Crippen LogP contribution in [0.1, 0.15) is 38.7 Å². The van der Waals surface area contributed by atoms with Crippen LogP contribution in [0.5, 0.6) is 0 Å². The lowest BCUT2D eigenvalue weighted by Gasteiger charge is -2.33. The molecular formula is C17H21N3O2. The summed E-state index contributed by atoms with van der Waals surface area (Å²) in [4.78, 5) is 26.8. The molecule has 0 radical (unpaired) electrons. The van der Waals surface area contributed by atoms with Crippen LogP contribution in [0.15, 0.2) is 24.3 Å². The smallest absolute Gasteiger partial charge is 0.239 e. The lowest BCUT2D eigenvalue weighted by Crippen LogP contribution is -2.48. The Morgan fingerprint density at radius 2 is 1.73 bits per heavy atom. The van der Waals surface area contributed by atoms with Gasteiger partial charge < -0.3 is 10.2 Å². The molecule has 116 valence electrons. The monoisotopic (exact) mass is 299 g/mol. The molecule has 5 nitrogen and oxygen atoms in total. The fourth-order valence-electron chi connectivity index (χ4n) is 2.50. The number of hydrogen-bond donors (Lipinski definition) is 1. The number of amides is 2. The Balaban J connectivity index is 2.05. The van der Waals surface area contributed by atoms with Crippen LogP contribution in [0.4, 0.5) is 5.69 Å². The molecule has 1 aliphatic heterocycles. The van der Waals surface area contributed by atoms with Crippen molar-refractivity contribution in [3.05, 3.63) is 29.8 Å². The summed E-state index contributed by atoms with van der Waals surface area (Å²) in [5.41, 5.74) is 0.00999. The summed E-state index contributed by atoms with van der Waals surface area (Å²) in [6, 6.07) is 8.62. The molecule has 0 spiro atoms. The maximum atomic E-state index is 12.6. The van der Waals surface area contributed by atoms with Gasteiger partial charge >= 0.3 is 0 Å². The summed E-state index contributed by atoms with van der Waals surface area (Å²) in [7, 11) is 0. The molecule has 1 heterocycles. The Morgan fingerprint density at radius 3 is 2.27 bits per heavy atom. The van der Waals surface area contributed by atoms with Crippen molar-refractivity contribution < 1.29 is 9.59 Å². The minimum absolute atomic E-state index is 0.127. The highest BCUT2D eigenvalue weighted by Gasteiger charge is 2.39. The highest BCUT2D eigenvalue weighted by atomic mass is 16.2. The van der Waals surface area contributed by atoms with Crippen LogP contribution in [0, 0.1) is 16.7 Å². The van der Waals surface area contributed by atoms with Gasteiger partial charge in [0.2, 0.25) is 11.8 Å². The number of hydrogen-bond acceptors (Lipinski definition) is 3. The topological polar surface area (TPSA) is 73.2 Å². The second-order valence-corrected chi connectivity index (χ2v) is 6.12. The zero-order valence-corrected chi connectivity index (χ0v) is 13.1. The van der Waals surface area contributed by atoms with Crippen LogP contribution in [-0.4, -0.2) is 29.8 Å². The van der Waals surface area contributed by atoms with Gasteiger partial charge in [-0.1, -0.05) is 0 Å². The van der Waals surface area contributed by atoms with E-state index >= 15 is 0 Å². The van der Waals surface area contributed by atoms with Gasteiger partial charge in [0.1, 0.15) is 5.41 Å². The molecule has 1 aromatic rings. The predicted octanol–water partition coefficient (Wildman–Crippen LogP) is 2.54. The average Bonchev–Trinajstić information content (AvgIpc) is 2.55. The number of nitrogens with one attached hydrogen (secondary N) is 1. The van der Waals surface area contributed by atoms with E-state index < -0.39 is 5.41 Å². The molecule has 1 saturated heterocycles. The van der Waals surface area contributed by atoms with Crippen molar-refractivity contribution in [3.8, 4) is 6.07 Å². The quantitative estimate of drug-likeness (QED) is 0.872. The van der Waals surface area contributed by atoms with Gasteiger partial charge in [-0.05, 0) is 57.4 Å². The molecule has 22 heavy (non-hydrogen) atoms. The largest absolute Gasteiger partial charge is 0.342 e. The van der Waals surface area contributed by atoms with Crippen molar-refractivity contribution in [3.63, 3.8) is 0 Å². The summed E-state index contributed by atoms with van der Waals surface area (Å²) in [6.07, 6.45) is 3.14. The van der Waals surface area contributed by atoms with E-state index in [1.54, 1.807) is 43.0 Å². The fourth-order valence-corrected chi connectivity index (χ4v) is 2.50. The molecule has 1 N–H and O–H groups in total. The Bertz CT molecular complexity index is 593. The first-order valence-corrected chi connectivity index (χ1v) is 7.56. The first-order chi connectivity index (χ1) is 10.4. The normalized spacial score (nSPS) is 15.0. The van der Waals surface area contributed by atoms with Crippen molar-refractivity contribution in [2.75, 3.05) is 18.4 Å². The third-order valence-corrected chi connectivity index (χ3v) is 4.02. The van der Waals surface area contributed by atoms with E-state index in [0.29, 0.717) is 11.3 Å². The number of anilines is 1. The molecule has 0 saturated carbocycles. The molecule has 0 aromatic heterocycles. The van der Waals surface area contributed by atoms with E-state index in [1.165, 1.54) is 0 Å². The second-order valence-electron chi connectivity index (χ2n) is 6.12. The maximum Gasteiger partial charge on any atom is 0.239 e. The molecule has 1 aliphatic rings. The Labute approximate surface area is 130 Å². The van der Waals surface area contributed by atoms with Gasteiger partial charge in [0, 0.05) is 18.8 Å². The summed E-state index contributed by atoms with van der Waals surface area (Å²) >= 11 is 0. The third kappa shape index (κ3) is 3.45. The maximum absolute atomic E-state index is 12.6. The lowest BCUT2D eigenvalue weighted by molar-refractivity contribution is -0.147. The Morgan fingerprint density at radius 1 is 1.14 bits per heavy atom. The molecule has 1 aromatic carbocycles. The van der Waals surface area contributed by atoms with E-state index in [2.05, 4.69) is 5.32 Å². The van der Waals surface area contributed by atoms with Crippen molar-refractivity contribution in [2.24, 2.45) is 5.41 Å². The number of carbonyl (C=O) groups is 2. The van der Waals surface area contributed by atoms with Crippen LogP contribution in [0.3, 0.4) is 0 Å². The van der Waals surface area contributed by atoms with Crippen LogP contribution in [-0.2, 0) is 9.59 Å². The number of piperidine rings is 1. The summed E-state index contributed by atoms with van der Waals surface area (Å²) in [6.45, 7) is 4.77. The molecule has 2 rings (SSSR count). The molecule has 0 unspecified atom stereocenters. The zero-order valence-electron chi connectivity index (χ0n) is 13.1. The molecule has 0 bridgehead atoms. The van der Waals surface area contributed by atoms with E-state index in [1.807, 2.05) is 6.07 Å². The Hall–Kier alpha value is -2.35. The SMILES string of the molecule is CC(C)(C(=O)Nc1ccc(C#N)cc1)C(=O)N1CCCCC1. The number of benzene rings is 1. The number of carbonyl (C=O) groups excluding carboxylic acids is 2. The Kier molecular flexibility index (Phi) is 4.81. The van der Waals surface area contributed by atoms with E-state index in [9.17, 15) is 9.59 Å². The van der Waals surface area contributed by atoms with Gasteiger partial charge in [-0.15, -0.1) is 0 Å². The van der Waals surface area contributed by atoms with Crippen LogP contribution >= 0.6 is 0 Å². The first-order valence-electron chi connectivity index (χ1n) is 7.56. The summed E-state index contributed by atoms with van der Waals surface area (Å²) < 4.78 is 0. The first kappa shape index (κ1) is 16.0. The molecule has 2 amide bonds. The summed E-state index contributed by atoms with van der Waals surface area (Å²) in [5.74, 6) is -0.453. The van der Waals surface area contributed by atoms with Gasteiger partial charge in [-0.3, -0.25) is 9.59 Å². The highest BCUT2D eigenvalue weighted by Crippen LogP contribution is 2.24. The van der Waals surface area contributed by atoms with Crippen molar-refractivity contribution in [2.45, 2.75) is 33.1 Å². The van der Waals surface area contributed by atoms with Crippen LogP contribution < -0.4 is 5.32 Å². The van der Waals surface area contributed by atoms with Crippen LogP contribution in [0.25, 0.3) is 0 Å². The minimum Gasteiger partial charge on any atom is -0.342 e. The van der Waals surface area contributed by atoms with E-state index in [-0.39, 0.29) is 11.8 Å². The average molecular weight is 299 g/mol. The predicted molar refractivity (Wildman–Crippen MR) is 84.0 cm³/mol. The third-order valence-electron chi connectivity index (χ3n) is 4.02. The van der Waals surface area contributed by atoms with E-state index in [4.69, 9.17) is 5.26 Å². The van der Waals surface area contributed by atoms with E-state index in [0.717, 1.165) is 32.4 Å². The molecular weight excluding hydrogens is 278 g/mol. The van der Waals surface area contributed by atoms with Gasteiger partial charge in [-0.25, -0.2) is 0 Å². The standard InChI is InChI=1S/C17H21N3O2/c1-17(2,16(22)20-10-4-3-5-11-20)15(21)19-14-8-6-13(12-18)7-9-14/h6-9H,3-5,10-11H2,1-2H3,(H,19,21). The number of nitrogens with zero attached hydrogens (tertiary/aromatic N) is 2. The minimum atomic E-state index is -1.11.